The molecule has 2 rings (SSSR count). The summed E-state index contributed by atoms with van der Waals surface area (Å²) in [6, 6.07) is 8.53. The van der Waals surface area contributed by atoms with Crippen LogP contribution in [0.15, 0.2) is 29.3 Å². The Labute approximate surface area is 109 Å². The van der Waals surface area contributed by atoms with Crippen LogP contribution in [0.5, 0.6) is 0 Å². The van der Waals surface area contributed by atoms with Crippen LogP contribution in [0.1, 0.15) is 28.1 Å². The first kappa shape index (κ1) is 12.6. The average Bonchev–Trinajstić information content (AvgIpc) is 2.58. The lowest BCUT2D eigenvalue weighted by Crippen LogP contribution is -1.93. The summed E-state index contributed by atoms with van der Waals surface area (Å²) in [5, 5.41) is 0. The lowest BCUT2D eigenvalue weighted by molar-refractivity contribution is 0.843. The van der Waals surface area contributed by atoms with E-state index in [0.717, 1.165) is 5.69 Å². The molecular weight excluding hydrogens is 220 g/mol. The minimum atomic E-state index is 1.05. The van der Waals surface area contributed by atoms with E-state index in [0.29, 0.717) is 0 Å². The smallest absolute Gasteiger partial charge is 0.0661 e. The molecule has 2 heteroatoms. The van der Waals surface area contributed by atoms with E-state index in [1.165, 1.54) is 28.1 Å². The fourth-order valence-electron chi connectivity index (χ4n) is 2.01. The van der Waals surface area contributed by atoms with Gasteiger partial charge in [-0.3, -0.25) is 4.99 Å². The van der Waals surface area contributed by atoms with Gasteiger partial charge >= 0.3 is 0 Å². The zero-order chi connectivity index (χ0) is 13.3. The van der Waals surface area contributed by atoms with Crippen LogP contribution in [0.3, 0.4) is 0 Å². The zero-order valence-electron chi connectivity index (χ0n) is 11.8. The number of rotatable bonds is 2. The maximum atomic E-state index is 4.61. The van der Waals surface area contributed by atoms with E-state index in [-0.39, 0.29) is 0 Å². The highest BCUT2D eigenvalue weighted by molar-refractivity contribution is 5.84. The van der Waals surface area contributed by atoms with E-state index < -0.39 is 0 Å². The Morgan fingerprint density at radius 1 is 1.06 bits per heavy atom. The minimum Gasteiger partial charge on any atom is -0.352 e. The number of aliphatic imine (C=N–C) groups is 1. The van der Waals surface area contributed by atoms with E-state index in [9.17, 15) is 0 Å². The molecule has 18 heavy (non-hydrogen) atoms. The van der Waals surface area contributed by atoms with Gasteiger partial charge in [0.1, 0.15) is 0 Å². The molecule has 0 N–H and O–H groups in total. The molecule has 1 aromatic heterocycles. The predicted octanol–water partition coefficient (Wildman–Crippen LogP) is 4.01. The van der Waals surface area contributed by atoms with Crippen LogP contribution in [-0.2, 0) is 7.05 Å². The fourth-order valence-corrected chi connectivity index (χ4v) is 2.01. The Hall–Kier alpha value is -1.83. The lowest BCUT2D eigenvalue weighted by atomic mass is 10.1. The summed E-state index contributed by atoms with van der Waals surface area (Å²) in [5.74, 6) is 0. The van der Waals surface area contributed by atoms with Crippen LogP contribution in [0.2, 0.25) is 0 Å². The molecule has 0 atom stereocenters. The number of nitrogens with zero attached hydrogens (tertiary/aromatic N) is 2. The van der Waals surface area contributed by atoms with Crippen LogP contribution in [0.25, 0.3) is 0 Å². The Morgan fingerprint density at radius 3 is 2.39 bits per heavy atom. The van der Waals surface area contributed by atoms with Crippen molar-refractivity contribution < 1.29 is 0 Å². The molecule has 0 aliphatic carbocycles. The summed E-state index contributed by atoms with van der Waals surface area (Å²) in [5.41, 5.74) is 7.21. The van der Waals surface area contributed by atoms with Crippen molar-refractivity contribution in [1.82, 2.24) is 4.57 Å². The first-order chi connectivity index (χ1) is 8.49. The van der Waals surface area contributed by atoms with Crippen molar-refractivity contribution in [3.8, 4) is 0 Å². The molecule has 0 radical (unpaired) electrons. The molecule has 2 nitrogen and oxygen atoms in total. The third-order valence-corrected chi connectivity index (χ3v) is 3.52. The molecule has 0 amide bonds. The van der Waals surface area contributed by atoms with Gasteiger partial charge in [-0.15, -0.1) is 0 Å². The second kappa shape index (κ2) is 4.81. The zero-order valence-corrected chi connectivity index (χ0v) is 11.8. The van der Waals surface area contributed by atoms with Crippen LogP contribution in [-0.4, -0.2) is 10.8 Å². The molecule has 0 aliphatic rings. The van der Waals surface area contributed by atoms with Crippen molar-refractivity contribution in [3.63, 3.8) is 0 Å². The Morgan fingerprint density at radius 2 is 1.78 bits per heavy atom. The average molecular weight is 240 g/mol. The molecule has 0 fully saturated rings. The van der Waals surface area contributed by atoms with Gasteiger partial charge in [-0.2, -0.15) is 0 Å². The summed E-state index contributed by atoms with van der Waals surface area (Å²) in [6.07, 6.45) is 1.96. The topological polar surface area (TPSA) is 17.3 Å². The quantitative estimate of drug-likeness (QED) is 0.706. The second-order valence-corrected chi connectivity index (χ2v) is 4.93. The van der Waals surface area contributed by atoms with Gasteiger partial charge in [0.15, 0.2) is 0 Å². The second-order valence-electron chi connectivity index (χ2n) is 4.93. The van der Waals surface area contributed by atoms with Crippen molar-refractivity contribution >= 4 is 11.9 Å². The number of aromatic nitrogens is 1. The van der Waals surface area contributed by atoms with Crippen molar-refractivity contribution in [3.05, 3.63) is 52.3 Å². The van der Waals surface area contributed by atoms with Crippen LogP contribution in [0, 0.1) is 27.7 Å². The van der Waals surface area contributed by atoms with Crippen LogP contribution in [0.4, 0.5) is 5.69 Å². The first-order valence-electron chi connectivity index (χ1n) is 6.23. The molecule has 0 saturated carbocycles. The van der Waals surface area contributed by atoms with Crippen molar-refractivity contribution in [1.29, 1.82) is 0 Å². The number of hydrogen-bond donors (Lipinski definition) is 0. The summed E-state index contributed by atoms with van der Waals surface area (Å²) >= 11 is 0. The molecular formula is C16H20N2. The highest BCUT2D eigenvalue weighted by atomic mass is 14.9. The molecule has 0 spiro atoms. The Bertz CT molecular complexity index is 604. The number of hydrogen-bond acceptors (Lipinski definition) is 1. The Kier molecular flexibility index (Phi) is 3.37. The van der Waals surface area contributed by atoms with Gasteiger partial charge in [-0.1, -0.05) is 12.1 Å². The largest absolute Gasteiger partial charge is 0.352 e. The first-order valence-corrected chi connectivity index (χ1v) is 6.23. The SMILES string of the molecule is Cc1ccc(C)c(N=Cc2cc(C)n(C)c2C)c1. The third-order valence-electron chi connectivity index (χ3n) is 3.52. The molecule has 94 valence electrons. The summed E-state index contributed by atoms with van der Waals surface area (Å²) in [6.45, 7) is 8.42. The molecule has 0 bridgehead atoms. The lowest BCUT2D eigenvalue weighted by Gasteiger charge is -2.01. The van der Waals surface area contributed by atoms with E-state index in [2.05, 4.69) is 68.6 Å². The highest BCUT2D eigenvalue weighted by Gasteiger charge is 2.03. The molecule has 2 aromatic rings. The highest BCUT2D eigenvalue weighted by Crippen LogP contribution is 2.20. The molecule has 0 unspecified atom stereocenters. The van der Waals surface area contributed by atoms with Crippen molar-refractivity contribution in [2.45, 2.75) is 27.7 Å². The van der Waals surface area contributed by atoms with Crippen molar-refractivity contribution in [2.24, 2.45) is 12.0 Å². The van der Waals surface area contributed by atoms with E-state index in [1.807, 2.05) is 6.21 Å². The van der Waals surface area contributed by atoms with Crippen LogP contribution < -0.4 is 0 Å². The monoisotopic (exact) mass is 240 g/mol. The predicted molar refractivity (Wildman–Crippen MR) is 78.1 cm³/mol. The summed E-state index contributed by atoms with van der Waals surface area (Å²) in [4.78, 5) is 4.61. The maximum absolute atomic E-state index is 4.61. The minimum absolute atomic E-state index is 1.05. The van der Waals surface area contributed by atoms with E-state index in [1.54, 1.807) is 0 Å². The van der Waals surface area contributed by atoms with Gasteiger partial charge in [-0.25, -0.2) is 0 Å². The third kappa shape index (κ3) is 2.37. The van der Waals surface area contributed by atoms with Gasteiger partial charge in [0.2, 0.25) is 0 Å². The van der Waals surface area contributed by atoms with Crippen molar-refractivity contribution in [2.75, 3.05) is 0 Å². The van der Waals surface area contributed by atoms with Gasteiger partial charge in [0.25, 0.3) is 0 Å². The van der Waals surface area contributed by atoms with Gasteiger partial charge in [0, 0.05) is 30.2 Å². The van der Waals surface area contributed by atoms with E-state index >= 15 is 0 Å². The van der Waals surface area contributed by atoms with E-state index in [4.69, 9.17) is 0 Å². The standard InChI is InChI=1S/C16H20N2/c1-11-6-7-12(2)16(8-11)17-10-15-9-13(3)18(5)14(15)4/h6-10H,1-5H3. The van der Waals surface area contributed by atoms with Gasteiger partial charge in [0.05, 0.1) is 5.69 Å². The number of benzene rings is 1. The maximum Gasteiger partial charge on any atom is 0.0661 e. The number of aryl methyl sites for hydroxylation is 3. The fraction of sp³-hybridized carbons (Fsp3) is 0.312. The Balaban J connectivity index is 2.35. The normalized spacial score (nSPS) is 11.4. The molecule has 0 aliphatic heterocycles. The molecule has 1 heterocycles. The summed E-state index contributed by atoms with van der Waals surface area (Å²) in [7, 11) is 2.08. The molecule has 1 aromatic carbocycles. The van der Waals surface area contributed by atoms with Gasteiger partial charge < -0.3 is 4.57 Å². The summed E-state index contributed by atoms with van der Waals surface area (Å²) < 4.78 is 2.18. The van der Waals surface area contributed by atoms with Crippen LogP contribution >= 0.6 is 0 Å². The molecule has 0 saturated heterocycles. The van der Waals surface area contributed by atoms with Gasteiger partial charge in [-0.05, 0) is 51.0 Å².